The lowest BCUT2D eigenvalue weighted by Gasteiger charge is -2.32. The molecule has 0 amide bonds. The molecule has 2 atom stereocenters. The van der Waals surface area contributed by atoms with Gasteiger partial charge in [-0.1, -0.05) is 23.7 Å². The van der Waals surface area contributed by atoms with Gasteiger partial charge in [-0.3, -0.25) is 0 Å². The van der Waals surface area contributed by atoms with Gasteiger partial charge in [-0.25, -0.2) is 0 Å². The van der Waals surface area contributed by atoms with Gasteiger partial charge in [0.2, 0.25) is 0 Å². The van der Waals surface area contributed by atoms with Crippen LogP contribution in [0, 0.1) is 0 Å². The van der Waals surface area contributed by atoms with Crippen molar-refractivity contribution in [2.45, 2.75) is 51.5 Å². The minimum atomic E-state index is 0.357. The van der Waals surface area contributed by atoms with Crippen LogP contribution in [0.15, 0.2) is 24.3 Å². The van der Waals surface area contributed by atoms with Crippen LogP contribution in [0.1, 0.15) is 32.3 Å². The van der Waals surface area contributed by atoms with Crippen molar-refractivity contribution in [1.29, 1.82) is 0 Å². The summed E-state index contributed by atoms with van der Waals surface area (Å²) in [6, 6.07) is 8.57. The van der Waals surface area contributed by atoms with Crippen molar-refractivity contribution in [3.8, 4) is 0 Å². The van der Waals surface area contributed by atoms with Crippen molar-refractivity contribution in [1.82, 2.24) is 5.32 Å². The maximum absolute atomic E-state index is 5.96. The van der Waals surface area contributed by atoms with Gasteiger partial charge < -0.3 is 10.1 Å². The fourth-order valence-corrected chi connectivity index (χ4v) is 2.69. The van der Waals surface area contributed by atoms with Gasteiger partial charge in [0.05, 0.1) is 12.2 Å². The summed E-state index contributed by atoms with van der Waals surface area (Å²) in [5.41, 5.74) is 1.24. The summed E-state index contributed by atoms with van der Waals surface area (Å²) in [6.07, 6.45) is 2.89. The first-order valence-electron chi connectivity index (χ1n) is 6.27. The molecule has 1 aromatic carbocycles. The Morgan fingerprint density at radius 1 is 1.29 bits per heavy atom. The molecule has 94 valence electrons. The molecule has 0 saturated carbocycles. The largest absolute Gasteiger partial charge is 0.375 e. The van der Waals surface area contributed by atoms with E-state index in [1.165, 1.54) is 5.56 Å². The predicted molar refractivity (Wildman–Crippen MR) is 71.3 cm³/mol. The average Bonchev–Trinajstić information content (AvgIpc) is 2.25. The Balaban J connectivity index is 1.85. The topological polar surface area (TPSA) is 21.3 Å². The second kappa shape index (κ2) is 5.85. The van der Waals surface area contributed by atoms with Gasteiger partial charge in [0, 0.05) is 17.6 Å². The minimum absolute atomic E-state index is 0.357. The third-order valence-corrected chi connectivity index (χ3v) is 3.42. The van der Waals surface area contributed by atoms with Crippen LogP contribution >= 0.6 is 11.6 Å². The normalized spacial score (nSPS) is 29.2. The first-order chi connectivity index (χ1) is 8.13. The molecule has 17 heavy (non-hydrogen) atoms. The lowest BCUT2D eigenvalue weighted by atomic mass is 9.99. The van der Waals surface area contributed by atoms with Gasteiger partial charge in [-0.15, -0.1) is 0 Å². The van der Waals surface area contributed by atoms with Crippen LogP contribution in [0.5, 0.6) is 0 Å². The van der Waals surface area contributed by atoms with E-state index in [9.17, 15) is 0 Å². The molecule has 3 heteroatoms. The van der Waals surface area contributed by atoms with Crippen molar-refractivity contribution in [2.75, 3.05) is 0 Å². The average molecular weight is 254 g/mol. The first kappa shape index (κ1) is 12.9. The van der Waals surface area contributed by atoms with E-state index < -0.39 is 0 Å². The molecule has 1 aromatic rings. The Bertz CT molecular complexity index is 359. The monoisotopic (exact) mass is 253 g/mol. The highest BCUT2D eigenvalue weighted by Crippen LogP contribution is 2.19. The molecule has 0 aliphatic carbocycles. The molecule has 1 fully saturated rings. The van der Waals surface area contributed by atoms with Crippen molar-refractivity contribution in [3.05, 3.63) is 34.9 Å². The van der Waals surface area contributed by atoms with Crippen molar-refractivity contribution >= 4 is 11.6 Å². The second-order valence-electron chi connectivity index (χ2n) is 4.94. The molecule has 2 nitrogen and oxygen atoms in total. The van der Waals surface area contributed by atoms with Crippen LogP contribution in [0.2, 0.25) is 5.02 Å². The number of nitrogens with one attached hydrogen (secondary N) is 1. The number of halogens is 1. The van der Waals surface area contributed by atoms with E-state index in [0.717, 1.165) is 24.4 Å². The molecule has 1 saturated heterocycles. The standard InChI is InChI=1S/C14H20ClNO/c1-10-6-14(7-11(2)17-10)16-9-12-4-3-5-13(15)8-12/h3-5,8,10-11,14,16H,6-7,9H2,1-2H3. The SMILES string of the molecule is CC1CC(NCc2cccc(Cl)c2)CC(C)O1. The fraction of sp³-hybridized carbons (Fsp3) is 0.571. The zero-order chi connectivity index (χ0) is 12.3. The zero-order valence-electron chi connectivity index (χ0n) is 10.4. The van der Waals surface area contributed by atoms with Crippen molar-refractivity contribution in [3.63, 3.8) is 0 Å². The van der Waals surface area contributed by atoms with E-state index in [1.807, 2.05) is 18.2 Å². The van der Waals surface area contributed by atoms with E-state index in [-0.39, 0.29) is 0 Å². The summed E-state index contributed by atoms with van der Waals surface area (Å²) in [7, 11) is 0. The Kier molecular flexibility index (Phi) is 4.43. The van der Waals surface area contributed by atoms with Gasteiger partial charge in [0.15, 0.2) is 0 Å². The van der Waals surface area contributed by atoms with Gasteiger partial charge in [-0.05, 0) is 44.4 Å². The van der Waals surface area contributed by atoms with E-state index in [2.05, 4.69) is 25.2 Å². The number of ether oxygens (including phenoxy) is 1. The molecule has 1 aliphatic rings. The zero-order valence-corrected chi connectivity index (χ0v) is 11.2. The quantitative estimate of drug-likeness (QED) is 0.892. The first-order valence-corrected chi connectivity index (χ1v) is 6.64. The molecule has 2 unspecified atom stereocenters. The van der Waals surface area contributed by atoms with E-state index in [4.69, 9.17) is 16.3 Å². The van der Waals surface area contributed by atoms with Crippen LogP contribution < -0.4 is 5.32 Å². The predicted octanol–water partition coefficient (Wildman–Crippen LogP) is 3.39. The van der Waals surface area contributed by atoms with Gasteiger partial charge in [-0.2, -0.15) is 0 Å². The van der Waals surface area contributed by atoms with Crippen LogP contribution in [0.4, 0.5) is 0 Å². The van der Waals surface area contributed by atoms with Crippen LogP contribution in [-0.4, -0.2) is 18.2 Å². The molecule has 0 aromatic heterocycles. The van der Waals surface area contributed by atoms with Gasteiger partial charge in [0.25, 0.3) is 0 Å². The highest BCUT2D eigenvalue weighted by atomic mass is 35.5. The lowest BCUT2D eigenvalue weighted by molar-refractivity contribution is -0.0422. The smallest absolute Gasteiger partial charge is 0.0565 e. The summed E-state index contributed by atoms with van der Waals surface area (Å²) in [6.45, 7) is 5.16. The third kappa shape index (κ3) is 3.98. The molecule has 0 radical (unpaired) electrons. The molecule has 1 N–H and O–H groups in total. The summed E-state index contributed by atoms with van der Waals surface area (Å²) in [4.78, 5) is 0. The van der Waals surface area contributed by atoms with Crippen molar-refractivity contribution in [2.24, 2.45) is 0 Å². The molecule has 0 spiro atoms. The summed E-state index contributed by atoms with van der Waals surface area (Å²) >= 11 is 5.96. The summed E-state index contributed by atoms with van der Waals surface area (Å²) in [5, 5.41) is 4.39. The summed E-state index contributed by atoms with van der Waals surface area (Å²) in [5.74, 6) is 0. The van der Waals surface area contributed by atoms with Crippen molar-refractivity contribution < 1.29 is 4.74 Å². The van der Waals surface area contributed by atoms with Gasteiger partial charge in [0.1, 0.15) is 0 Å². The molecular formula is C14H20ClNO. The Hall–Kier alpha value is -0.570. The van der Waals surface area contributed by atoms with E-state index in [1.54, 1.807) is 0 Å². The molecule has 1 aliphatic heterocycles. The molecule has 1 heterocycles. The maximum atomic E-state index is 5.96. The second-order valence-corrected chi connectivity index (χ2v) is 5.37. The van der Waals surface area contributed by atoms with Crippen LogP contribution in [0.25, 0.3) is 0 Å². The number of hydrogen-bond acceptors (Lipinski definition) is 2. The lowest BCUT2D eigenvalue weighted by Crippen LogP contribution is -2.40. The molecular weight excluding hydrogens is 234 g/mol. The maximum Gasteiger partial charge on any atom is 0.0565 e. The van der Waals surface area contributed by atoms with E-state index in [0.29, 0.717) is 18.2 Å². The highest BCUT2D eigenvalue weighted by molar-refractivity contribution is 6.30. The van der Waals surface area contributed by atoms with Gasteiger partial charge >= 0.3 is 0 Å². The molecule has 0 bridgehead atoms. The number of rotatable bonds is 3. The third-order valence-electron chi connectivity index (χ3n) is 3.18. The van der Waals surface area contributed by atoms with Crippen LogP contribution in [0.3, 0.4) is 0 Å². The molecule has 2 rings (SSSR count). The highest BCUT2D eigenvalue weighted by Gasteiger charge is 2.23. The minimum Gasteiger partial charge on any atom is -0.375 e. The Morgan fingerprint density at radius 2 is 2.00 bits per heavy atom. The Morgan fingerprint density at radius 3 is 2.65 bits per heavy atom. The van der Waals surface area contributed by atoms with E-state index >= 15 is 0 Å². The Labute approximate surface area is 108 Å². The van der Waals surface area contributed by atoms with Crippen LogP contribution in [-0.2, 0) is 11.3 Å². The number of hydrogen-bond donors (Lipinski definition) is 1. The fourth-order valence-electron chi connectivity index (χ4n) is 2.48. The number of benzene rings is 1. The summed E-state index contributed by atoms with van der Waals surface area (Å²) < 4.78 is 5.73.